The highest BCUT2D eigenvalue weighted by atomic mass is 32.2. The molecule has 0 aliphatic carbocycles. The van der Waals surface area contributed by atoms with Crippen LogP contribution < -0.4 is 10.1 Å². The number of benzene rings is 1. The molecule has 0 spiro atoms. The van der Waals surface area contributed by atoms with Gasteiger partial charge in [-0.05, 0) is 36.1 Å². The lowest BCUT2D eigenvalue weighted by Crippen LogP contribution is -2.25. The van der Waals surface area contributed by atoms with Crippen LogP contribution in [-0.2, 0) is 24.1 Å². The lowest BCUT2D eigenvalue weighted by Gasteiger charge is -2.13. The first-order valence-electron chi connectivity index (χ1n) is 8.69. The number of nitrogens with zero attached hydrogens (tertiary/aromatic N) is 1. The maximum Gasteiger partial charge on any atom is 0.286 e. The Morgan fingerprint density at radius 3 is 2.80 bits per heavy atom. The van der Waals surface area contributed by atoms with Crippen LogP contribution in [0.5, 0.6) is 5.75 Å². The number of imide groups is 1. The van der Waals surface area contributed by atoms with Crippen molar-refractivity contribution in [3.63, 3.8) is 0 Å². The molecule has 0 saturated carbocycles. The second-order valence-corrected chi connectivity index (χ2v) is 6.73. The van der Waals surface area contributed by atoms with E-state index in [1.54, 1.807) is 0 Å². The van der Waals surface area contributed by atoms with E-state index in [1.807, 2.05) is 36.5 Å². The molecule has 5 nitrogen and oxygen atoms in total. The number of thioether (sulfide) groups is 1. The molecule has 6 heteroatoms. The number of hydrogen-bond donors (Lipinski definition) is 1. The number of aromatic nitrogens is 1. The summed E-state index contributed by atoms with van der Waals surface area (Å²) in [7, 11) is 0. The number of ether oxygens (including phenoxy) is 1. The normalized spacial score (nSPS) is 20.3. The van der Waals surface area contributed by atoms with Gasteiger partial charge in [0.25, 0.3) is 5.24 Å². The van der Waals surface area contributed by atoms with Gasteiger partial charge in [0, 0.05) is 18.3 Å². The number of carbonyl (C=O) groups is 2. The first kappa shape index (κ1) is 16.1. The van der Waals surface area contributed by atoms with Gasteiger partial charge in [0.05, 0.1) is 13.2 Å². The maximum atomic E-state index is 11.9. The number of pyridine rings is 1. The molecule has 1 aromatic carbocycles. The zero-order chi connectivity index (χ0) is 18.6. The van der Waals surface area contributed by atoms with E-state index in [1.165, 1.54) is 5.56 Å². The molecule has 3 rings (SSSR count). The number of nitrogens with one attached hydrogen (secondary N) is 1. The summed E-state index contributed by atoms with van der Waals surface area (Å²) in [6, 6.07) is 11.4. The second-order valence-electron chi connectivity index (χ2n) is 5.66. The minimum Gasteiger partial charge on any atom is -0.493 e. The summed E-state index contributed by atoms with van der Waals surface area (Å²) in [5.41, 5.74) is 2.88. The minimum absolute atomic E-state index is 0.106. The fraction of sp³-hybridized carbons (Fsp3) is 0.316. The van der Waals surface area contributed by atoms with E-state index < -0.39 is 16.4 Å². The third kappa shape index (κ3) is 4.60. The SMILES string of the molecule is [2H][C@@]1(Cc2ccccc2OCCc2ccc(CC)cn2)SC(=O)NC1=O. The molecular weight excluding hydrogens is 336 g/mol. The standard InChI is InChI=1S/C19H20N2O3S/c1-2-13-7-8-15(20-12-13)9-10-24-16-6-4-3-5-14(16)11-17-18(22)21-19(23)25-17/h3-8,12,17H,2,9-11H2,1H3,(H,21,22,23)/t17-/m0/s1/i17D. The molecule has 1 fully saturated rings. The Kier molecular flexibility index (Phi) is 5.27. The first-order chi connectivity index (χ1) is 12.5. The number of para-hydroxylation sites is 1. The van der Waals surface area contributed by atoms with Crippen molar-refractivity contribution in [2.75, 3.05) is 6.61 Å². The fourth-order valence-electron chi connectivity index (χ4n) is 2.50. The molecule has 2 heterocycles. The van der Waals surface area contributed by atoms with Gasteiger partial charge in [0.1, 0.15) is 5.75 Å². The molecule has 0 unspecified atom stereocenters. The number of rotatable bonds is 7. The quantitative estimate of drug-likeness (QED) is 0.824. The van der Waals surface area contributed by atoms with Crippen molar-refractivity contribution < 1.29 is 15.7 Å². The summed E-state index contributed by atoms with van der Waals surface area (Å²) in [6.45, 7) is 2.53. The van der Waals surface area contributed by atoms with Crippen LogP contribution in [0.25, 0.3) is 0 Å². The summed E-state index contributed by atoms with van der Waals surface area (Å²) < 4.78 is 14.1. The van der Waals surface area contributed by atoms with E-state index in [2.05, 4.69) is 23.3 Å². The van der Waals surface area contributed by atoms with Gasteiger partial charge in [-0.25, -0.2) is 0 Å². The van der Waals surface area contributed by atoms with Crippen molar-refractivity contribution in [3.05, 3.63) is 59.4 Å². The Morgan fingerprint density at radius 1 is 1.28 bits per heavy atom. The third-order valence-electron chi connectivity index (χ3n) is 3.92. The highest BCUT2D eigenvalue weighted by Gasteiger charge is 2.32. The fourth-order valence-corrected chi connectivity index (χ4v) is 3.24. The zero-order valence-electron chi connectivity index (χ0n) is 15.0. The van der Waals surface area contributed by atoms with Gasteiger partial charge in [-0.15, -0.1) is 0 Å². The predicted molar refractivity (Wildman–Crippen MR) is 97.9 cm³/mol. The molecule has 2 aromatic rings. The Balaban J connectivity index is 1.63. The van der Waals surface area contributed by atoms with Crippen molar-refractivity contribution in [2.45, 2.75) is 31.4 Å². The maximum absolute atomic E-state index is 11.9. The monoisotopic (exact) mass is 357 g/mol. The topological polar surface area (TPSA) is 68.3 Å². The van der Waals surface area contributed by atoms with Crippen LogP contribution in [0.2, 0.25) is 0 Å². The molecule has 25 heavy (non-hydrogen) atoms. The second kappa shape index (κ2) is 8.16. The van der Waals surface area contributed by atoms with Gasteiger partial charge >= 0.3 is 0 Å². The van der Waals surface area contributed by atoms with Crippen LogP contribution in [0, 0.1) is 0 Å². The van der Waals surface area contributed by atoms with Crippen molar-refractivity contribution >= 4 is 22.9 Å². The van der Waals surface area contributed by atoms with Gasteiger partial charge < -0.3 is 4.74 Å². The largest absolute Gasteiger partial charge is 0.493 e. The van der Waals surface area contributed by atoms with Crippen molar-refractivity contribution in [1.82, 2.24) is 10.3 Å². The van der Waals surface area contributed by atoms with Crippen LogP contribution in [0.3, 0.4) is 0 Å². The van der Waals surface area contributed by atoms with E-state index in [4.69, 9.17) is 6.11 Å². The lowest BCUT2D eigenvalue weighted by atomic mass is 10.1. The molecule has 0 radical (unpaired) electrons. The van der Waals surface area contributed by atoms with Gasteiger partial charge in [0.2, 0.25) is 5.91 Å². The number of carbonyl (C=O) groups excluding carboxylic acids is 2. The molecule has 1 aliphatic rings. The van der Waals surface area contributed by atoms with Crippen LogP contribution in [0.15, 0.2) is 42.6 Å². The van der Waals surface area contributed by atoms with Crippen LogP contribution in [0.4, 0.5) is 4.79 Å². The number of hydrogen-bond acceptors (Lipinski definition) is 5. The van der Waals surface area contributed by atoms with Crippen molar-refractivity contribution in [3.8, 4) is 5.75 Å². The molecule has 1 atom stereocenters. The summed E-state index contributed by atoms with van der Waals surface area (Å²) in [4.78, 5) is 27.7. The predicted octanol–water partition coefficient (Wildman–Crippen LogP) is 3.16. The third-order valence-corrected chi connectivity index (χ3v) is 4.78. The first-order valence-corrected chi connectivity index (χ1v) is 9.01. The smallest absolute Gasteiger partial charge is 0.286 e. The Hall–Kier alpha value is -2.34. The average molecular weight is 357 g/mol. The summed E-state index contributed by atoms with van der Waals surface area (Å²) >= 11 is 0.705. The highest BCUT2D eigenvalue weighted by Crippen LogP contribution is 2.27. The van der Waals surface area contributed by atoms with Crippen molar-refractivity contribution in [2.24, 2.45) is 0 Å². The molecular formula is C19H20N2O3S. The van der Waals surface area contributed by atoms with Gasteiger partial charge in [-0.1, -0.05) is 43.0 Å². The summed E-state index contributed by atoms with van der Waals surface area (Å²) in [5.74, 6) is 0.0413. The number of aryl methyl sites for hydroxylation is 1. The minimum atomic E-state index is -1.55. The van der Waals surface area contributed by atoms with Crippen molar-refractivity contribution in [1.29, 1.82) is 0 Å². The van der Waals surface area contributed by atoms with E-state index >= 15 is 0 Å². The van der Waals surface area contributed by atoms with Gasteiger partial charge in [0.15, 0.2) is 0 Å². The van der Waals surface area contributed by atoms with Gasteiger partial charge in [-0.3, -0.25) is 19.9 Å². The van der Waals surface area contributed by atoms with Crippen LogP contribution >= 0.6 is 11.8 Å². The Morgan fingerprint density at radius 2 is 2.12 bits per heavy atom. The molecule has 1 N–H and O–H groups in total. The molecule has 1 aliphatic heterocycles. The molecule has 2 amide bonds. The lowest BCUT2D eigenvalue weighted by molar-refractivity contribution is -0.118. The average Bonchev–Trinajstić information content (AvgIpc) is 2.88. The van der Waals surface area contributed by atoms with Gasteiger partial charge in [-0.2, -0.15) is 0 Å². The molecule has 1 aromatic heterocycles. The Labute approximate surface area is 152 Å². The zero-order valence-corrected chi connectivity index (χ0v) is 14.8. The molecule has 0 bridgehead atoms. The molecule has 130 valence electrons. The van der Waals surface area contributed by atoms with E-state index in [-0.39, 0.29) is 6.42 Å². The highest BCUT2D eigenvalue weighted by molar-refractivity contribution is 8.15. The summed E-state index contributed by atoms with van der Waals surface area (Å²) in [6.07, 6.45) is 3.60. The summed E-state index contributed by atoms with van der Waals surface area (Å²) in [5, 5.41) is 0.141. The number of amides is 2. The van der Waals surface area contributed by atoms with E-state index in [0.717, 1.165) is 17.7 Å². The van der Waals surface area contributed by atoms with Crippen LogP contribution in [0.1, 0.15) is 25.1 Å². The Bertz CT molecular complexity index is 813. The van der Waals surface area contributed by atoms with Crippen LogP contribution in [-0.4, -0.2) is 28.0 Å². The van der Waals surface area contributed by atoms with E-state index in [9.17, 15) is 9.59 Å². The van der Waals surface area contributed by atoms with E-state index in [0.29, 0.717) is 30.5 Å². The molecule has 1 saturated heterocycles.